The summed E-state index contributed by atoms with van der Waals surface area (Å²) >= 11 is 4.11. The molecule has 1 rings (SSSR count). The molecule has 1 atom stereocenters. The monoisotopic (exact) mass is 400 g/mol. The Bertz CT molecular complexity index is 515. The first-order chi connectivity index (χ1) is 12.9. The molecule has 0 amide bonds. The second kappa shape index (κ2) is 20.5. The summed E-state index contributed by atoms with van der Waals surface area (Å²) in [5, 5.41) is 3.51. The third-order valence-corrected chi connectivity index (χ3v) is 3.13. The fourth-order valence-corrected chi connectivity index (χ4v) is 1.52. The molecule has 1 unspecified atom stereocenters. The molecule has 7 heteroatoms. The third-order valence-electron chi connectivity index (χ3n) is 2.83. The van der Waals surface area contributed by atoms with Crippen LogP contribution >= 0.6 is 12.6 Å². The predicted molar refractivity (Wildman–Crippen MR) is 115 cm³/mol. The number of aldehydes is 1. The van der Waals surface area contributed by atoms with E-state index in [0.717, 1.165) is 11.5 Å². The number of ether oxygens (including phenoxy) is 1. The lowest BCUT2D eigenvalue weighted by atomic mass is 9.97. The summed E-state index contributed by atoms with van der Waals surface area (Å²) < 4.78 is 4.54. The number of methoxy groups -OCH3 is 1. The Balaban J connectivity index is -0.000000621. The molecule has 6 nitrogen and oxygen atoms in total. The predicted octanol–water partition coefficient (Wildman–Crippen LogP) is 4.58. The first kappa shape index (κ1) is 29.9. The van der Waals surface area contributed by atoms with Crippen molar-refractivity contribution in [3.05, 3.63) is 29.8 Å². The van der Waals surface area contributed by atoms with Crippen LogP contribution in [0.5, 0.6) is 0 Å². The molecule has 0 saturated carbocycles. The van der Waals surface area contributed by atoms with Crippen molar-refractivity contribution in [3.63, 3.8) is 0 Å². The molecule has 0 spiro atoms. The van der Waals surface area contributed by atoms with Crippen LogP contribution in [0, 0.1) is 11.8 Å². The first-order valence-electron chi connectivity index (χ1n) is 9.15. The van der Waals surface area contributed by atoms with Gasteiger partial charge in [0, 0.05) is 18.6 Å². The van der Waals surface area contributed by atoms with Crippen molar-refractivity contribution >= 4 is 30.7 Å². The number of thiol groups is 1. The van der Waals surface area contributed by atoms with Gasteiger partial charge in [-0.1, -0.05) is 46.7 Å². The largest absolute Gasteiger partial charge is 0.385 e. The van der Waals surface area contributed by atoms with Gasteiger partial charge >= 0.3 is 5.97 Å². The second-order valence-electron chi connectivity index (χ2n) is 4.93. The average Bonchev–Trinajstić information content (AvgIpc) is 2.70. The Hall–Kier alpha value is -1.86. The number of hydrogen-bond donors (Lipinski definition) is 2. The van der Waals surface area contributed by atoms with E-state index in [-0.39, 0.29) is 11.8 Å². The highest BCUT2D eigenvalue weighted by Gasteiger charge is 2.18. The molecule has 1 aromatic carbocycles. The van der Waals surface area contributed by atoms with Gasteiger partial charge in [-0.25, -0.2) is 4.79 Å². The first-order valence-corrected chi connectivity index (χ1v) is 9.60. The number of carbonyl (C=O) groups is 2. The number of rotatable bonds is 6. The van der Waals surface area contributed by atoms with Crippen LogP contribution in [0.15, 0.2) is 34.3 Å². The number of hydrogen-bond acceptors (Lipinski definition) is 6. The zero-order valence-corrected chi connectivity index (χ0v) is 18.7. The van der Waals surface area contributed by atoms with Gasteiger partial charge in [0.2, 0.25) is 0 Å². The molecule has 0 heterocycles. The average molecular weight is 401 g/mol. The number of oxime groups is 1. The Morgan fingerprint density at radius 1 is 1.19 bits per heavy atom. The number of benzene rings is 1. The van der Waals surface area contributed by atoms with Crippen molar-refractivity contribution in [1.29, 1.82) is 0 Å². The van der Waals surface area contributed by atoms with Crippen molar-refractivity contribution in [3.8, 4) is 0 Å². The summed E-state index contributed by atoms with van der Waals surface area (Å²) in [6, 6.07) is 6.45. The quantitative estimate of drug-likeness (QED) is 0.182. The summed E-state index contributed by atoms with van der Waals surface area (Å²) in [5.74, 6) is -1.22. The van der Waals surface area contributed by atoms with E-state index in [1.807, 2.05) is 48.5 Å². The molecule has 0 aliphatic carbocycles. The van der Waals surface area contributed by atoms with Gasteiger partial charge in [-0.05, 0) is 37.1 Å². The molecule has 0 aliphatic rings. The maximum absolute atomic E-state index is 11.6. The zero-order chi connectivity index (χ0) is 21.8. The number of nitrogens with two attached hydrogens (primary N) is 1. The maximum atomic E-state index is 11.6. The van der Waals surface area contributed by atoms with Gasteiger partial charge < -0.3 is 20.1 Å². The van der Waals surface area contributed by atoms with Crippen molar-refractivity contribution in [1.82, 2.24) is 0 Å². The summed E-state index contributed by atoms with van der Waals surface area (Å²) in [6.45, 7) is 14.4. The highest BCUT2D eigenvalue weighted by molar-refractivity contribution is 7.80. The van der Waals surface area contributed by atoms with Crippen LogP contribution in [-0.2, 0) is 14.4 Å². The summed E-state index contributed by atoms with van der Waals surface area (Å²) in [5.41, 5.74) is 5.94. The molecule has 0 radical (unpaired) electrons. The summed E-state index contributed by atoms with van der Waals surface area (Å²) in [4.78, 5) is 27.9. The lowest BCUT2D eigenvalue weighted by molar-refractivity contribution is -0.110. The van der Waals surface area contributed by atoms with Crippen molar-refractivity contribution < 1.29 is 19.2 Å². The number of carbonyl (C=O) groups excluding carboxylic acids is 2. The zero-order valence-electron chi connectivity index (χ0n) is 17.9. The molecular weight excluding hydrogens is 364 g/mol. The maximum Gasteiger partial charge on any atom is 0.365 e. The van der Waals surface area contributed by atoms with Gasteiger partial charge in [0.15, 0.2) is 5.84 Å². The molecule has 156 valence electrons. The van der Waals surface area contributed by atoms with Crippen LogP contribution in [-0.4, -0.2) is 31.8 Å². The van der Waals surface area contributed by atoms with Crippen molar-refractivity contribution in [2.45, 2.75) is 53.4 Å². The minimum Gasteiger partial charge on any atom is -0.385 e. The van der Waals surface area contributed by atoms with Crippen molar-refractivity contribution in [2.24, 2.45) is 22.7 Å². The molecule has 27 heavy (non-hydrogen) atoms. The van der Waals surface area contributed by atoms with Gasteiger partial charge in [0.05, 0.1) is 11.5 Å². The minimum absolute atomic E-state index is 0.0100. The Morgan fingerprint density at radius 3 is 1.96 bits per heavy atom. The van der Waals surface area contributed by atoms with Gasteiger partial charge in [-0.2, -0.15) is 0 Å². The highest BCUT2D eigenvalue weighted by atomic mass is 32.1. The molecule has 2 N–H and O–H groups in total. The molecule has 0 saturated heterocycles. The number of amidine groups is 1. The highest BCUT2D eigenvalue weighted by Crippen LogP contribution is 2.10. The SMILES string of the molecule is CC.CC.CC(C)C(C=O)/C(N)=N/OC(=O)c1ccc(S)cc1.CCOC. The van der Waals surface area contributed by atoms with E-state index in [0.29, 0.717) is 11.8 Å². The lowest BCUT2D eigenvalue weighted by Crippen LogP contribution is -2.29. The van der Waals surface area contributed by atoms with Gasteiger partial charge in [0.25, 0.3) is 0 Å². The van der Waals surface area contributed by atoms with E-state index in [4.69, 9.17) is 10.6 Å². The van der Waals surface area contributed by atoms with Crippen molar-refractivity contribution in [2.75, 3.05) is 13.7 Å². The molecule has 0 fully saturated rings. The van der Waals surface area contributed by atoms with E-state index in [9.17, 15) is 9.59 Å². The van der Waals surface area contributed by atoms with Crippen LogP contribution in [0.2, 0.25) is 0 Å². The van der Waals surface area contributed by atoms with Crippen LogP contribution in [0.3, 0.4) is 0 Å². The number of nitrogens with zero attached hydrogens (tertiary/aromatic N) is 1. The van der Waals surface area contributed by atoms with E-state index in [1.165, 1.54) is 0 Å². The van der Waals surface area contributed by atoms with E-state index < -0.39 is 11.9 Å². The smallest absolute Gasteiger partial charge is 0.365 e. The van der Waals surface area contributed by atoms with Crippen LogP contribution in [0.4, 0.5) is 0 Å². The summed E-state index contributed by atoms with van der Waals surface area (Å²) in [6.07, 6.45) is 0.688. The van der Waals surface area contributed by atoms with Crippen LogP contribution in [0.1, 0.15) is 58.8 Å². The van der Waals surface area contributed by atoms with E-state index >= 15 is 0 Å². The second-order valence-corrected chi connectivity index (χ2v) is 5.44. The Morgan fingerprint density at radius 2 is 1.63 bits per heavy atom. The Labute approximate surface area is 169 Å². The minimum atomic E-state index is -0.635. The van der Waals surface area contributed by atoms with Crippen LogP contribution in [0.25, 0.3) is 0 Å². The fraction of sp³-hybridized carbons (Fsp3) is 0.550. The van der Waals surface area contributed by atoms with Gasteiger partial charge in [-0.3, -0.25) is 0 Å². The summed E-state index contributed by atoms with van der Waals surface area (Å²) in [7, 11) is 1.68. The molecule has 0 aromatic heterocycles. The van der Waals surface area contributed by atoms with Crippen LogP contribution < -0.4 is 5.73 Å². The topological polar surface area (TPSA) is 91.0 Å². The Kier molecular flexibility index (Phi) is 22.6. The third kappa shape index (κ3) is 14.9. The van der Waals surface area contributed by atoms with E-state index in [2.05, 4.69) is 22.5 Å². The molecule has 1 aromatic rings. The molecular formula is C20H36N2O4S. The normalized spacial score (nSPS) is 10.8. The fourth-order valence-electron chi connectivity index (χ4n) is 1.37. The van der Waals surface area contributed by atoms with E-state index in [1.54, 1.807) is 31.4 Å². The van der Waals surface area contributed by atoms with Gasteiger partial charge in [-0.15, -0.1) is 12.6 Å². The van der Waals surface area contributed by atoms with Gasteiger partial charge in [0.1, 0.15) is 6.29 Å². The molecule has 0 aliphatic heterocycles. The standard InChI is InChI=1S/C13H16N2O3S.C3H8O.2C2H6/c1-8(2)11(7-16)12(14)15-18-13(17)9-3-5-10(19)6-4-9;1-3-4-2;2*1-2/h3-8,11,19H,1-2H3,(H2,14,15);3H2,1-2H3;2*1-2H3. The lowest BCUT2D eigenvalue weighted by Gasteiger charge is -2.12. The molecule has 0 bridgehead atoms.